The number of fused-ring (bicyclic) bond motifs is 1. The predicted octanol–water partition coefficient (Wildman–Crippen LogP) is 6.42. The highest BCUT2D eigenvalue weighted by molar-refractivity contribution is 7.86. The molecule has 0 bridgehead atoms. The Morgan fingerprint density at radius 1 is 1.06 bits per heavy atom. The van der Waals surface area contributed by atoms with E-state index in [2.05, 4.69) is 37.1 Å². The second-order valence-electron chi connectivity index (χ2n) is 9.19. The Balaban J connectivity index is 1.71. The Morgan fingerprint density at radius 2 is 1.73 bits per heavy atom. The maximum atomic E-state index is 13.6. The molecule has 7 heteroatoms. The van der Waals surface area contributed by atoms with Crippen LogP contribution in [0.2, 0.25) is 5.02 Å². The number of hydrogen-bond donors (Lipinski definition) is 1. The first-order chi connectivity index (χ1) is 15.5. The van der Waals surface area contributed by atoms with Crippen molar-refractivity contribution in [3.63, 3.8) is 0 Å². The number of anilines is 2. The zero-order valence-electron chi connectivity index (χ0n) is 19.3. The van der Waals surface area contributed by atoms with Crippen molar-refractivity contribution in [1.29, 1.82) is 0 Å². The van der Waals surface area contributed by atoms with Crippen molar-refractivity contribution < 1.29 is 9.00 Å². The smallest absolute Gasteiger partial charge is 0.265 e. The highest BCUT2D eigenvalue weighted by Gasteiger charge is 2.37. The molecule has 170 valence electrons. The summed E-state index contributed by atoms with van der Waals surface area (Å²) in [4.78, 5) is 20.1. The van der Waals surface area contributed by atoms with Crippen LogP contribution in [0.15, 0.2) is 60.1 Å². The summed E-state index contributed by atoms with van der Waals surface area (Å²) in [6.07, 6.45) is 1.75. The Kier molecular flexibility index (Phi) is 5.93. The maximum absolute atomic E-state index is 13.6. The van der Waals surface area contributed by atoms with E-state index in [1.54, 1.807) is 18.3 Å². The van der Waals surface area contributed by atoms with Crippen LogP contribution in [0.4, 0.5) is 11.4 Å². The third-order valence-corrected chi connectivity index (χ3v) is 7.13. The second kappa shape index (κ2) is 8.43. The highest BCUT2D eigenvalue weighted by atomic mass is 35.5. The van der Waals surface area contributed by atoms with E-state index in [1.165, 1.54) is 4.90 Å². The van der Waals surface area contributed by atoms with Gasteiger partial charge in [-0.05, 0) is 60.7 Å². The molecular weight excluding hydrogens is 454 g/mol. The predicted molar refractivity (Wildman–Crippen MR) is 136 cm³/mol. The number of nitrogens with one attached hydrogen (secondary N) is 1. The van der Waals surface area contributed by atoms with Crippen molar-refractivity contribution in [2.45, 2.75) is 44.9 Å². The minimum atomic E-state index is -1.56. The molecule has 0 saturated carbocycles. The number of amides is 1. The molecule has 5 nitrogen and oxygen atoms in total. The largest absolute Gasteiger partial charge is 0.300 e. The topological polar surface area (TPSA) is 62.3 Å². The van der Waals surface area contributed by atoms with E-state index in [-0.39, 0.29) is 11.3 Å². The fourth-order valence-electron chi connectivity index (χ4n) is 3.85. The molecule has 1 unspecified atom stereocenters. The lowest BCUT2D eigenvalue weighted by atomic mass is 9.87. The summed E-state index contributed by atoms with van der Waals surface area (Å²) >= 11 is 6.48. The first kappa shape index (κ1) is 23.2. The molecule has 1 N–H and O–H groups in total. The monoisotopic (exact) mass is 479 g/mol. The zero-order valence-corrected chi connectivity index (χ0v) is 20.9. The maximum Gasteiger partial charge on any atom is 0.265 e. The molecule has 1 aliphatic rings. The van der Waals surface area contributed by atoms with E-state index < -0.39 is 11.0 Å². The van der Waals surface area contributed by atoms with Gasteiger partial charge in [0, 0.05) is 11.8 Å². The van der Waals surface area contributed by atoms with Crippen LogP contribution < -0.4 is 9.62 Å². The van der Waals surface area contributed by atoms with Crippen molar-refractivity contribution >= 4 is 45.6 Å². The number of aromatic nitrogens is 1. The van der Waals surface area contributed by atoms with Crippen molar-refractivity contribution in [2.75, 3.05) is 9.62 Å². The third-order valence-electron chi connectivity index (χ3n) is 5.70. The van der Waals surface area contributed by atoms with Gasteiger partial charge >= 0.3 is 0 Å². The molecule has 0 fully saturated rings. The molecule has 1 amide bonds. The van der Waals surface area contributed by atoms with Crippen molar-refractivity contribution in [3.8, 4) is 0 Å². The lowest BCUT2D eigenvalue weighted by molar-refractivity contribution is 0.101. The average molecular weight is 480 g/mol. The molecule has 1 aromatic heterocycles. The van der Waals surface area contributed by atoms with E-state index >= 15 is 0 Å². The van der Waals surface area contributed by atoms with Gasteiger partial charge in [-0.25, -0.2) is 4.21 Å². The molecule has 0 radical (unpaired) electrons. The molecule has 1 aliphatic heterocycles. The summed E-state index contributed by atoms with van der Waals surface area (Å²) in [6, 6.07) is 12.9. The summed E-state index contributed by atoms with van der Waals surface area (Å²) in [5.41, 5.74) is 5.25. The molecule has 4 rings (SSSR count). The average Bonchev–Trinajstić information content (AvgIpc) is 3.02. The van der Waals surface area contributed by atoms with Gasteiger partial charge < -0.3 is 4.72 Å². The van der Waals surface area contributed by atoms with Crippen molar-refractivity contribution in [1.82, 2.24) is 4.98 Å². The van der Waals surface area contributed by atoms with Crippen molar-refractivity contribution in [3.05, 3.63) is 88.2 Å². The number of rotatable bonds is 4. The van der Waals surface area contributed by atoms with Gasteiger partial charge in [0.15, 0.2) is 0 Å². The zero-order chi connectivity index (χ0) is 24.1. The van der Waals surface area contributed by atoms with E-state index in [0.29, 0.717) is 43.8 Å². The molecule has 0 aliphatic carbocycles. The number of nitrogens with zero attached hydrogens (tertiary/aromatic N) is 2. The standard InChI is InChI=1S/C26H26ClN3O2S/c1-15-13-22(16(2)28-14-15)30-17(3)23-20(27)11-12-21(24(23)25(30)31)29-33(32)19-9-7-18(8-10-19)26(4,5)6/h7-14,29H,3H2,1-2,4-6H3. The van der Waals surface area contributed by atoms with Crippen LogP contribution in [0.1, 0.15) is 53.5 Å². The molecular formula is C26H26ClN3O2S. The van der Waals surface area contributed by atoms with Gasteiger partial charge in [-0.2, -0.15) is 0 Å². The number of halogens is 1. The van der Waals surface area contributed by atoms with Crippen LogP contribution in [-0.2, 0) is 16.4 Å². The van der Waals surface area contributed by atoms with Gasteiger partial charge in [0.05, 0.1) is 38.2 Å². The van der Waals surface area contributed by atoms with E-state index in [0.717, 1.165) is 11.1 Å². The van der Waals surface area contributed by atoms with E-state index in [4.69, 9.17) is 11.6 Å². The summed E-state index contributed by atoms with van der Waals surface area (Å²) in [5, 5.41) is 0.412. The normalized spacial score (nSPS) is 14.4. The summed E-state index contributed by atoms with van der Waals surface area (Å²) in [5.74, 6) is -0.282. The summed E-state index contributed by atoms with van der Waals surface area (Å²) in [7, 11) is -1.56. The first-order valence-corrected chi connectivity index (χ1v) is 12.1. The molecule has 3 aromatic rings. The molecule has 2 heterocycles. The fraction of sp³-hybridized carbons (Fsp3) is 0.231. The minimum absolute atomic E-state index is 0.00345. The molecule has 2 aromatic carbocycles. The SMILES string of the molecule is C=C1c2c(Cl)ccc(NS(=O)c3ccc(C(C)(C)C)cc3)c2C(=O)N1c1cc(C)cnc1C. The van der Waals surface area contributed by atoms with E-state index in [1.807, 2.05) is 44.2 Å². The molecule has 1 atom stereocenters. The lowest BCUT2D eigenvalue weighted by Crippen LogP contribution is -2.24. The van der Waals surface area contributed by atoms with Crippen LogP contribution in [0.25, 0.3) is 5.70 Å². The Bertz CT molecular complexity index is 1310. The Labute approximate surface area is 202 Å². The van der Waals surface area contributed by atoms with Gasteiger partial charge in [-0.1, -0.05) is 51.1 Å². The summed E-state index contributed by atoms with van der Waals surface area (Å²) < 4.78 is 16.1. The Morgan fingerprint density at radius 3 is 2.36 bits per heavy atom. The lowest BCUT2D eigenvalue weighted by Gasteiger charge is -2.20. The van der Waals surface area contributed by atoms with Crippen molar-refractivity contribution in [2.24, 2.45) is 0 Å². The van der Waals surface area contributed by atoms with E-state index in [9.17, 15) is 9.00 Å². The number of aryl methyl sites for hydroxylation is 2. The van der Waals surface area contributed by atoms with Gasteiger partial charge in [0.2, 0.25) is 0 Å². The fourth-order valence-corrected chi connectivity index (χ4v) is 4.99. The van der Waals surface area contributed by atoms with Gasteiger partial charge in [0.25, 0.3) is 5.91 Å². The van der Waals surface area contributed by atoms with Gasteiger partial charge in [-0.3, -0.25) is 14.7 Å². The number of benzene rings is 2. The minimum Gasteiger partial charge on any atom is -0.300 e. The number of carbonyl (C=O) groups is 1. The quantitative estimate of drug-likeness (QED) is 0.470. The molecule has 0 spiro atoms. The van der Waals surface area contributed by atoms with Crippen LogP contribution in [0.3, 0.4) is 0 Å². The first-order valence-electron chi connectivity index (χ1n) is 10.6. The molecule has 0 saturated heterocycles. The number of hydrogen-bond acceptors (Lipinski definition) is 3. The van der Waals surface area contributed by atoms with Crippen LogP contribution >= 0.6 is 11.6 Å². The summed E-state index contributed by atoms with van der Waals surface area (Å²) in [6.45, 7) is 14.3. The number of carbonyl (C=O) groups excluding carboxylic acids is 1. The van der Waals surface area contributed by atoms with Gasteiger partial charge in [0.1, 0.15) is 11.0 Å². The van der Waals surface area contributed by atoms with Crippen LogP contribution in [-0.4, -0.2) is 15.1 Å². The third kappa shape index (κ3) is 4.21. The highest BCUT2D eigenvalue weighted by Crippen LogP contribution is 2.43. The number of pyridine rings is 1. The van der Waals surface area contributed by atoms with Crippen LogP contribution in [0.5, 0.6) is 0 Å². The second-order valence-corrected chi connectivity index (χ2v) is 10.8. The van der Waals surface area contributed by atoms with Gasteiger partial charge in [-0.15, -0.1) is 0 Å². The Hall–Kier alpha value is -2.96. The van der Waals surface area contributed by atoms with Crippen LogP contribution in [0, 0.1) is 13.8 Å². The molecule has 33 heavy (non-hydrogen) atoms.